The van der Waals surface area contributed by atoms with Gasteiger partial charge < -0.3 is 29.0 Å². The summed E-state index contributed by atoms with van der Waals surface area (Å²) in [6, 6.07) is 22.3. The molecule has 1 amide bonds. The van der Waals surface area contributed by atoms with Crippen LogP contribution in [0.1, 0.15) is 43.2 Å². The molecule has 2 aromatic carbocycles. The average Bonchev–Trinajstić information content (AvgIpc) is 3.62. The van der Waals surface area contributed by atoms with Gasteiger partial charge in [-0.1, -0.05) is 12.1 Å². The van der Waals surface area contributed by atoms with E-state index in [9.17, 15) is 9.90 Å². The molecule has 2 aromatic heterocycles. The van der Waals surface area contributed by atoms with E-state index in [2.05, 4.69) is 37.3 Å². The highest BCUT2D eigenvalue weighted by molar-refractivity contribution is 7.24. The number of aliphatic hydroxyl groups excluding tert-OH is 1. The first-order valence-corrected chi connectivity index (χ1v) is 16.5. The van der Waals surface area contributed by atoms with Gasteiger partial charge in [0.1, 0.15) is 23.7 Å². The Labute approximate surface area is 269 Å². The molecule has 236 valence electrons. The van der Waals surface area contributed by atoms with E-state index in [1.165, 1.54) is 25.1 Å². The second-order valence-electron chi connectivity index (χ2n) is 11.4. The van der Waals surface area contributed by atoms with Crippen molar-refractivity contribution in [1.82, 2.24) is 4.90 Å². The smallest absolute Gasteiger partial charge is 0.410 e. The maximum Gasteiger partial charge on any atom is 0.410 e. The zero-order valence-corrected chi connectivity index (χ0v) is 27.9. The van der Waals surface area contributed by atoms with E-state index < -0.39 is 5.60 Å². The van der Waals surface area contributed by atoms with E-state index in [0.717, 1.165) is 22.6 Å². The van der Waals surface area contributed by atoms with Crippen LogP contribution in [0.4, 0.5) is 4.79 Å². The third-order valence-electron chi connectivity index (χ3n) is 6.71. The summed E-state index contributed by atoms with van der Waals surface area (Å²) >= 11 is 3.53. The minimum atomic E-state index is -0.582. The number of benzene rings is 2. The third-order valence-corrected chi connectivity index (χ3v) is 9.12. The first-order valence-electron chi connectivity index (χ1n) is 14.9. The van der Waals surface area contributed by atoms with Gasteiger partial charge in [0.05, 0.1) is 20.3 Å². The predicted molar refractivity (Wildman–Crippen MR) is 179 cm³/mol. The van der Waals surface area contributed by atoms with Crippen molar-refractivity contribution in [2.75, 3.05) is 40.0 Å². The minimum Gasteiger partial charge on any atom is -0.497 e. The Morgan fingerprint density at radius 2 is 1.59 bits per heavy atom. The Balaban J connectivity index is 1.28. The SMILES string of the molecule is COc1ccc(COCCCN(CCOc2ccc(-c3ccc(-c4sc(C)cc4CCO)s3)cc2)C(=O)OC(C)(C)C)cc1. The molecule has 2 heterocycles. The molecule has 7 nitrogen and oxygen atoms in total. The molecule has 4 rings (SSSR count). The molecule has 0 radical (unpaired) electrons. The fourth-order valence-electron chi connectivity index (χ4n) is 4.58. The number of carbonyl (C=O) groups excluding carboxylic acids is 1. The second kappa shape index (κ2) is 16.1. The molecular formula is C35H43NO6S2. The lowest BCUT2D eigenvalue weighted by atomic mass is 10.1. The molecule has 0 bridgehead atoms. The molecule has 0 aliphatic rings. The van der Waals surface area contributed by atoms with Gasteiger partial charge in [-0.2, -0.15) is 0 Å². The first-order chi connectivity index (χ1) is 21.1. The summed E-state index contributed by atoms with van der Waals surface area (Å²) < 4.78 is 22.7. The number of nitrogens with zero attached hydrogens (tertiary/aromatic N) is 1. The number of amides is 1. The molecular weight excluding hydrogens is 595 g/mol. The number of hydrogen-bond acceptors (Lipinski definition) is 8. The van der Waals surface area contributed by atoms with Crippen LogP contribution in [0, 0.1) is 6.92 Å². The molecule has 9 heteroatoms. The molecule has 44 heavy (non-hydrogen) atoms. The molecule has 0 aliphatic heterocycles. The summed E-state index contributed by atoms with van der Waals surface area (Å²) in [5.74, 6) is 1.56. The van der Waals surface area contributed by atoms with E-state index in [0.29, 0.717) is 45.8 Å². The van der Waals surface area contributed by atoms with Crippen molar-refractivity contribution in [2.24, 2.45) is 0 Å². The number of methoxy groups -OCH3 is 1. The molecule has 0 unspecified atom stereocenters. The Morgan fingerprint density at radius 3 is 2.27 bits per heavy atom. The highest BCUT2D eigenvalue weighted by Crippen LogP contribution is 2.40. The summed E-state index contributed by atoms with van der Waals surface area (Å²) in [6.45, 7) is 10.1. The summed E-state index contributed by atoms with van der Waals surface area (Å²) in [6.07, 6.45) is 0.991. The van der Waals surface area contributed by atoms with Crippen molar-refractivity contribution in [3.05, 3.63) is 82.7 Å². The van der Waals surface area contributed by atoms with Crippen LogP contribution in [-0.4, -0.2) is 61.7 Å². The summed E-state index contributed by atoms with van der Waals surface area (Å²) in [5.41, 5.74) is 2.81. The van der Waals surface area contributed by atoms with Crippen molar-refractivity contribution in [3.63, 3.8) is 0 Å². The van der Waals surface area contributed by atoms with Crippen molar-refractivity contribution in [3.8, 4) is 31.7 Å². The molecule has 0 fully saturated rings. The molecule has 0 saturated carbocycles. The van der Waals surface area contributed by atoms with E-state index in [4.69, 9.17) is 18.9 Å². The molecule has 0 atom stereocenters. The van der Waals surface area contributed by atoms with Crippen molar-refractivity contribution in [1.29, 1.82) is 0 Å². The maximum atomic E-state index is 12.9. The molecule has 1 N–H and O–H groups in total. The Morgan fingerprint density at radius 1 is 0.886 bits per heavy atom. The standard InChI is InChI=1S/C35H43NO6S2/c1-25-23-28(17-20-37)33(43-25)32-16-15-31(44-32)27-9-13-30(14-10-27)41-22-19-36(34(38)42-35(2,3)4)18-6-21-40-24-26-7-11-29(39-5)12-8-26/h7-16,23,37H,6,17-22,24H2,1-5H3. The van der Waals surface area contributed by atoms with Crippen LogP contribution in [-0.2, 0) is 22.5 Å². The quantitative estimate of drug-likeness (QED) is 0.132. The highest BCUT2D eigenvalue weighted by atomic mass is 32.1. The van der Waals surface area contributed by atoms with Crippen LogP contribution in [0.25, 0.3) is 20.2 Å². The first kappa shape index (κ1) is 33.5. The lowest BCUT2D eigenvalue weighted by Crippen LogP contribution is -2.40. The maximum absolute atomic E-state index is 12.9. The van der Waals surface area contributed by atoms with Crippen LogP contribution >= 0.6 is 22.7 Å². The van der Waals surface area contributed by atoms with Gasteiger partial charge in [-0.25, -0.2) is 4.79 Å². The summed E-state index contributed by atoms with van der Waals surface area (Å²) in [7, 11) is 1.65. The largest absolute Gasteiger partial charge is 0.497 e. The number of thiophene rings is 2. The average molecular weight is 638 g/mol. The number of carbonyl (C=O) groups is 1. The van der Waals surface area contributed by atoms with E-state index in [-0.39, 0.29) is 12.7 Å². The van der Waals surface area contributed by atoms with Crippen LogP contribution < -0.4 is 9.47 Å². The van der Waals surface area contributed by atoms with Crippen LogP contribution in [0.15, 0.2) is 66.7 Å². The van der Waals surface area contributed by atoms with Crippen LogP contribution in [0.2, 0.25) is 0 Å². The predicted octanol–water partition coefficient (Wildman–Crippen LogP) is 8.22. The highest BCUT2D eigenvalue weighted by Gasteiger charge is 2.22. The Bertz CT molecular complexity index is 1450. The fourth-order valence-corrected chi connectivity index (χ4v) is 6.80. The normalized spacial score (nSPS) is 11.4. The van der Waals surface area contributed by atoms with Crippen LogP contribution in [0.5, 0.6) is 11.5 Å². The number of rotatable bonds is 15. The summed E-state index contributed by atoms with van der Waals surface area (Å²) in [4.78, 5) is 19.5. The molecule has 0 spiro atoms. The monoisotopic (exact) mass is 637 g/mol. The van der Waals surface area contributed by atoms with Gasteiger partial charge in [0, 0.05) is 39.3 Å². The fraction of sp³-hybridized carbons (Fsp3) is 0.400. The van der Waals surface area contributed by atoms with Crippen LogP contribution in [0.3, 0.4) is 0 Å². The van der Waals surface area contributed by atoms with Crippen molar-refractivity contribution < 1.29 is 28.8 Å². The lowest BCUT2D eigenvalue weighted by Gasteiger charge is -2.27. The topological polar surface area (TPSA) is 77.5 Å². The number of aryl methyl sites for hydroxylation is 1. The lowest BCUT2D eigenvalue weighted by molar-refractivity contribution is 0.0200. The number of hydrogen-bond donors (Lipinski definition) is 1. The van der Waals surface area contributed by atoms with E-state index in [1.807, 2.05) is 57.2 Å². The Kier molecular flexibility index (Phi) is 12.3. The van der Waals surface area contributed by atoms with Gasteiger partial charge in [0.25, 0.3) is 0 Å². The zero-order chi connectivity index (χ0) is 31.5. The van der Waals surface area contributed by atoms with Crippen molar-refractivity contribution in [2.45, 2.75) is 52.7 Å². The minimum absolute atomic E-state index is 0.151. The molecule has 4 aromatic rings. The number of aliphatic hydroxyl groups is 1. The zero-order valence-electron chi connectivity index (χ0n) is 26.3. The van der Waals surface area contributed by atoms with Gasteiger partial charge >= 0.3 is 6.09 Å². The second-order valence-corrected chi connectivity index (χ2v) is 13.8. The van der Waals surface area contributed by atoms with Gasteiger partial charge in [-0.3, -0.25) is 0 Å². The molecule has 0 saturated heterocycles. The van der Waals surface area contributed by atoms with E-state index in [1.54, 1.807) is 34.7 Å². The van der Waals surface area contributed by atoms with Gasteiger partial charge in [0.2, 0.25) is 0 Å². The van der Waals surface area contributed by atoms with Gasteiger partial charge in [0.15, 0.2) is 0 Å². The third kappa shape index (κ3) is 10.1. The molecule has 0 aliphatic carbocycles. The van der Waals surface area contributed by atoms with E-state index >= 15 is 0 Å². The Hall–Kier alpha value is -3.37. The van der Waals surface area contributed by atoms with Gasteiger partial charge in [-0.15, -0.1) is 22.7 Å². The number of ether oxygens (including phenoxy) is 4. The van der Waals surface area contributed by atoms with Crippen molar-refractivity contribution >= 4 is 28.8 Å². The summed E-state index contributed by atoms with van der Waals surface area (Å²) in [5, 5.41) is 9.44. The van der Waals surface area contributed by atoms with Gasteiger partial charge in [-0.05, 0) is 112 Å².